The lowest BCUT2D eigenvalue weighted by molar-refractivity contribution is -0.132. The third-order valence-electron chi connectivity index (χ3n) is 3.75. The highest BCUT2D eigenvalue weighted by Gasteiger charge is 2.25. The highest BCUT2D eigenvalue weighted by molar-refractivity contribution is 9.10. The number of primary amides is 1. The van der Waals surface area contributed by atoms with Gasteiger partial charge in [-0.15, -0.1) is 11.8 Å². The molecule has 0 bridgehead atoms. The number of likely N-dealkylation sites (tertiary alicyclic amines) is 1. The summed E-state index contributed by atoms with van der Waals surface area (Å²) in [6.07, 6.45) is 1.26. The second kappa shape index (κ2) is 7.97. The van der Waals surface area contributed by atoms with Crippen LogP contribution in [0.15, 0.2) is 22.7 Å². The number of halogens is 2. The van der Waals surface area contributed by atoms with Crippen molar-refractivity contribution < 1.29 is 14.0 Å². The van der Waals surface area contributed by atoms with Crippen LogP contribution < -0.4 is 5.73 Å². The minimum Gasteiger partial charge on any atom is -0.369 e. The fraction of sp³-hybridized carbons (Fsp3) is 0.467. The van der Waals surface area contributed by atoms with Crippen molar-refractivity contribution in [1.82, 2.24) is 4.90 Å². The number of carbonyl (C=O) groups excluding carboxylic acids is 2. The molecule has 22 heavy (non-hydrogen) atoms. The molecule has 2 N–H and O–H groups in total. The molecule has 0 aliphatic carbocycles. The van der Waals surface area contributed by atoms with Gasteiger partial charge in [0.1, 0.15) is 5.82 Å². The predicted octanol–water partition coefficient (Wildman–Crippen LogP) is 2.55. The molecule has 1 aromatic carbocycles. The molecule has 1 aliphatic rings. The largest absolute Gasteiger partial charge is 0.369 e. The summed E-state index contributed by atoms with van der Waals surface area (Å²) in [5.41, 5.74) is 5.86. The van der Waals surface area contributed by atoms with Crippen LogP contribution in [0.5, 0.6) is 0 Å². The number of amides is 2. The minimum absolute atomic E-state index is 0.0328. The SMILES string of the molecule is NC(=O)C1CCN(C(=O)CSCc2ccc(Br)cc2F)CC1. The highest BCUT2D eigenvalue weighted by Crippen LogP contribution is 2.21. The Hall–Kier alpha value is -1.08. The zero-order valence-electron chi connectivity index (χ0n) is 12.1. The maximum atomic E-state index is 13.7. The lowest BCUT2D eigenvalue weighted by Gasteiger charge is -2.30. The molecular weight excluding hydrogens is 371 g/mol. The third kappa shape index (κ3) is 4.71. The Morgan fingerprint density at radius 1 is 1.36 bits per heavy atom. The van der Waals surface area contributed by atoms with Crippen molar-refractivity contribution in [2.45, 2.75) is 18.6 Å². The summed E-state index contributed by atoms with van der Waals surface area (Å²) >= 11 is 4.61. The second-order valence-corrected chi connectivity index (χ2v) is 7.19. The van der Waals surface area contributed by atoms with E-state index in [2.05, 4.69) is 15.9 Å². The standard InChI is InChI=1S/C15H18BrFN2O2S/c16-12-2-1-11(13(17)7-12)8-22-9-14(20)19-5-3-10(4-6-19)15(18)21/h1-2,7,10H,3-6,8-9H2,(H2,18,21). The van der Waals surface area contributed by atoms with E-state index in [0.717, 1.165) is 0 Å². The molecule has 1 fully saturated rings. The topological polar surface area (TPSA) is 63.4 Å². The number of hydrogen-bond donors (Lipinski definition) is 1. The Morgan fingerprint density at radius 3 is 2.64 bits per heavy atom. The Bertz CT molecular complexity index is 562. The van der Waals surface area contributed by atoms with Crippen LogP contribution in [-0.2, 0) is 15.3 Å². The first-order chi connectivity index (χ1) is 10.5. The zero-order chi connectivity index (χ0) is 16.1. The van der Waals surface area contributed by atoms with Crippen molar-refractivity contribution in [1.29, 1.82) is 0 Å². The van der Waals surface area contributed by atoms with Crippen LogP contribution in [0.4, 0.5) is 4.39 Å². The number of thioether (sulfide) groups is 1. The predicted molar refractivity (Wildman–Crippen MR) is 88.8 cm³/mol. The molecule has 2 rings (SSSR count). The molecule has 120 valence electrons. The number of piperidine rings is 1. The Morgan fingerprint density at radius 2 is 2.05 bits per heavy atom. The summed E-state index contributed by atoms with van der Waals surface area (Å²) in [6, 6.07) is 4.93. The lowest BCUT2D eigenvalue weighted by atomic mass is 9.96. The van der Waals surface area contributed by atoms with E-state index in [-0.39, 0.29) is 23.5 Å². The first-order valence-corrected chi connectivity index (χ1v) is 9.01. The Balaban J connectivity index is 1.75. The van der Waals surface area contributed by atoms with Crippen LogP contribution in [0, 0.1) is 11.7 Å². The van der Waals surface area contributed by atoms with Gasteiger partial charge in [-0.25, -0.2) is 4.39 Å². The van der Waals surface area contributed by atoms with Crippen molar-refractivity contribution >= 4 is 39.5 Å². The van der Waals surface area contributed by atoms with E-state index in [1.165, 1.54) is 17.8 Å². The van der Waals surface area contributed by atoms with Crippen LogP contribution in [-0.4, -0.2) is 35.6 Å². The number of carbonyl (C=O) groups is 2. The summed E-state index contributed by atoms with van der Waals surface area (Å²) in [7, 11) is 0. The molecule has 1 saturated heterocycles. The summed E-state index contributed by atoms with van der Waals surface area (Å²) < 4.78 is 14.4. The number of rotatable bonds is 5. The quantitative estimate of drug-likeness (QED) is 0.842. The first kappa shape index (κ1) is 17.3. The minimum atomic E-state index is -0.285. The van der Waals surface area contributed by atoms with Crippen molar-refractivity contribution in [2.24, 2.45) is 11.7 Å². The van der Waals surface area contributed by atoms with E-state index < -0.39 is 0 Å². The van der Waals surface area contributed by atoms with Gasteiger partial charge in [0.15, 0.2) is 0 Å². The molecule has 1 aromatic rings. The molecule has 0 radical (unpaired) electrons. The molecule has 0 atom stereocenters. The monoisotopic (exact) mass is 388 g/mol. The third-order valence-corrected chi connectivity index (χ3v) is 5.21. The van der Waals surface area contributed by atoms with Crippen LogP contribution in [0.1, 0.15) is 18.4 Å². The van der Waals surface area contributed by atoms with E-state index in [1.54, 1.807) is 17.0 Å². The molecule has 0 saturated carbocycles. The normalized spacial score (nSPS) is 15.8. The molecule has 4 nitrogen and oxygen atoms in total. The molecule has 0 spiro atoms. The lowest BCUT2D eigenvalue weighted by Crippen LogP contribution is -2.42. The summed E-state index contributed by atoms with van der Waals surface area (Å²) in [5, 5.41) is 0. The molecule has 1 heterocycles. The average molecular weight is 389 g/mol. The van der Waals surface area contributed by atoms with Gasteiger partial charge in [-0.3, -0.25) is 9.59 Å². The zero-order valence-corrected chi connectivity index (χ0v) is 14.5. The Labute approximate surface area is 141 Å². The first-order valence-electron chi connectivity index (χ1n) is 7.06. The fourth-order valence-electron chi connectivity index (χ4n) is 2.39. The van der Waals surface area contributed by atoms with E-state index in [0.29, 0.717) is 47.5 Å². The average Bonchev–Trinajstić information content (AvgIpc) is 2.49. The molecule has 0 unspecified atom stereocenters. The van der Waals surface area contributed by atoms with Crippen molar-refractivity contribution in [3.05, 3.63) is 34.1 Å². The summed E-state index contributed by atoms with van der Waals surface area (Å²) in [5.74, 6) is 0.141. The van der Waals surface area contributed by atoms with Gasteiger partial charge in [0, 0.05) is 29.2 Å². The molecule has 7 heteroatoms. The van der Waals surface area contributed by atoms with Crippen molar-refractivity contribution in [2.75, 3.05) is 18.8 Å². The van der Waals surface area contributed by atoms with Crippen LogP contribution in [0.2, 0.25) is 0 Å². The van der Waals surface area contributed by atoms with Crippen LogP contribution in [0.25, 0.3) is 0 Å². The Kier molecular flexibility index (Phi) is 6.26. The smallest absolute Gasteiger partial charge is 0.232 e. The van der Waals surface area contributed by atoms with Gasteiger partial charge in [-0.2, -0.15) is 0 Å². The van der Waals surface area contributed by atoms with Gasteiger partial charge in [-0.1, -0.05) is 22.0 Å². The number of benzene rings is 1. The number of hydrogen-bond acceptors (Lipinski definition) is 3. The highest BCUT2D eigenvalue weighted by atomic mass is 79.9. The molecule has 1 aliphatic heterocycles. The van der Waals surface area contributed by atoms with E-state index in [9.17, 15) is 14.0 Å². The molecule has 2 amide bonds. The van der Waals surface area contributed by atoms with Gasteiger partial charge in [0.25, 0.3) is 0 Å². The van der Waals surface area contributed by atoms with Crippen LogP contribution in [0.3, 0.4) is 0 Å². The summed E-state index contributed by atoms with van der Waals surface area (Å²) in [6.45, 7) is 1.14. The van der Waals surface area contributed by atoms with E-state index in [4.69, 9.17) is 5.73 Å². The fourth-order valence-corrected chi connectivity index (χ4v) is 3.64. The van der Waals surface area contributed by atoms with Crippen LogP contribution >= 0.6 is 27.7 Å². The second-order valence-electron chi connectivity index (χ2n) is 5.29. The van der Waals surface area contributed by atoms with Gasteiger partial charge in [0.2, 0.25) is 11.8 Å². The molecule has 0 aromatic heterocycles. The van der Waals surface area contributed by atoms with E-state index >= 15 is 0 Å². The van der Waals surface area contributed by atoms with Crippen molar-refractivity contribution in [3.63, 3.8) is 0 Å². The van der Waals surface area contributed by atoms with Gasteiger partial charge < -0.3 is 10.6 Å². The van der Waals surface area contributed by atoms with Crippen molar-refractivity contribution in [3.8, 4) is 0 Å². The van der Waals surface area contributed by atoms with Gasteiger partial charge >= 0.3 is 0 Å². The maximum absolute atomic E-state index is 13.7. The number of nitrogens with two attached hydrogens (primary N) is 1. The number of nitrogens with zero attached hydrogens (tertiary/aromatic N) is 1. The maximum Gasteiger partial charge on any atom is 0.232 e. The van der Waals surface area contributed by atoms with Gasteiger partial charge in [0.05, 0.1) is 5.75 Å². The van der Waals surface area contributed by atoms with E-state index in [1.807, 2.05) is 0 Å². The molecular formula is C15H18BrFN2O2S. The summed E-state index contributed by atoms with van der Waals surface area (Å²) in [4.78, 5) is 24.9. The van der Waals surface area contributed by atoms with Gasteiger partial charge in [-0.05, 0) is 30.5 Å².